The topological polar surface area (TPSA) is 84.9 Å². The summed E-state index contributed by atoms with van der Waals surface area (Å²) in [6, 6.07) is 25.4. The van der Waals surface area contributed by atoms with E-state index < -0.39 is 0 Å². The molecule has 1 saturated heterocycles. The van der Waals surface area contributed by atoms with E-state index in [1.54, 1.807) is 0 Å². The molecule has 2 unspecified atom stereocenters. The van der Waals surface area contributed by atoms with Crippen LogP contribution in [0.5, 0.6) is 0 Å². The molecule has 3 N–H and O–H groups in total. The maximum Gasteiger partial charge on any atom is 0.265 e. The standard InChI is InChI=1S/C34H34N4O3S/c1-23-5-2-6-25-21-27(36-33(40)24-9-14-28(15-10-24)37-19-3-7-30(39)22-37)13-18-31(25)38(23)29-16-11-26(12-17-29)35-34(41)32-8-4-20-42-32/h2,4,6,8-18,20-21,23,30,39H,3,5,7,19,22H2,1H3,(H,35,41)(H,36,40). The fourth-order valence-electron chi connectivity index (χ4n) is 5.64. The highest BCUT2D eigenvalue weighted by Crippen LogP contribution is 2.37. The van der Waals surface area contributed by atoms with Crippen molar-refractivity contribution in [2.24, 2.45) is 0 Å². The lowest BCUT2D eigenvalue weighted by molar-refractivity contribution is 0.102. The Balaban J connectivity index is 1.16. The van der Waals surface area contributed by atoms with Crippen molar-refractivity contribution in [1.82, 2.24) is 0 Å². The zero-order valence-electron chi connectivity index (χ0n) is 23.5. The summed E-state index contributed by atoms with van der Waals surface area (Å²) in [6.45, 7) is 3.73. The molecule has 2 amide bonds. The van der Waals surface area contributed by atoms with Gasteiger partial charge in [-0.05, 0) is 110 Å². The van der Waals surface area contributed by atoms with Gasteiger partial charge in [-0.25, -0.2) is 0 Å². The minimum atomic E-state index is -0.300. The Morgan fingerprint density at radius 1 is 0.905 bits per heavy atom. The quantitative estimate of drug-likeness (QED) is 0.226. The Hall–Kier alpha value is -4.40. The number of thiophene rings is 1. The lowest BCUT2D eigenvalue weighted by Crippen LogP contribution is -2.38. The highest BCUT2D eigenvalue weighted by molar-refractivity contribution is 7.12. The number of carbonyl (C=O) groups excluding carboxylic acids is 2. The van der Waals surface area contributed by atoms with E-state index in [0.29, 0.717) is 17.0 Å². The average Bonchev–Trinajstić information content (AvgIpc) is 3.49. The van der Waals surface area contributed by atoms with Crippen LogP contribution in [0.4, 0.5) is 28.4 Å². The molecule has 0 bridgehead atoms. The molecule has 0 aliphatic carbocycles. The van der Waals surface area contributed by atoms with Gasteiger partial charge in [0.05, 0.1) is 11.0 Å². The first-order valence-electron chi connectivity index (χ1n) is 14.3. The molecule has 3 heterocycles. The van der Waals surface area contributed by atoms with Crippen molar-refractivity contribution >= 4 is 57.7 Å². The summed E-state index contributed by atoms with van der Waals surface area (Å²) < 4.78 is 0. The summed E-state index contributed by atoms with van der Waals surface area (Å²) in [7, 11) is 0. The third-order valence-electron chi connectivity index (χ3n) is 7.80. The van der Waals surface area contributed by atoms with E-state index in [1.165, 1.54) is 11.3 Å². The maximum atomic E-state index is 13.1. The number of rotatable bonds is 6. The number of fused-ring (bicyclic) bond motifs is 1. The van der Waals surface area contributed by atoms with Crippen molar-refractivity contribution in [2.45, 2.75) is 38.3 Å². The molecule has 0 spiro atoms. The van der Waals surface area contributed by atoms with Crippen molar-refractivity contribution in [1.29, 1.82) is 0 Å². The van der Waals surface area contributed by atoms with Gasteiger partial charge in [0.2, 0.25) is 0 Å². The summed E-state index contributed by atoms with van der Waals surface area (Å²) in [5.41, 5.74) is 6.19. The van der Waals surface area contributed by atoms with E-state index in [2.05, 4.69) is 39.5 Å². The molecule has 0 radical (unpaired) electrons. The molecule has 4 aromatic rings. The van der Waals surface area contributed by atoms with Crippen LogP contribution in [0.15, 0.2) is 90.3 Å². The maximum absolute atomic E-state index is 13.1. The Bertz CT molecular complexity index is 1580. The molecule has 0 saturated carbocycles. The largest absolute Gasteiger partial charge is 0.391 e. The molecular formula is C34H34N4O3S. The average molecular weight is 579 g/mol. The Kier molecular flexibility index (Phi) is 8.08. The number of piperidine rings is 1. The van der Waals surface area contributed by atoms with Crippen LogP contribution in [0.2, 0.25) is 0 Å². The number of benzene rings is 3. The third kappa shape index (κ3) is 6.10. The zero-order chi connectivity index (χ0) is 29.1. The number of aliphatic hydroxyl groups excluding tert-OH is 1. The molecule has 2 aliphatic rings. The van der Waals surface area contributed by atoms with Crippen LogP contribution in [0.25, 0.3) is 6.08 Å². The number of nitrogens with zero attached hydrogens (tertiary/aromatic N) is 2. The van der Waals surface area contributed by atoms with Gasteiger partial charge in [0.15, 0.2) is 0 Å². The predicted molar refractivity (Wildman–Crippen MR) is 172 cm³/mol. The third-order valence-corrected chi connectivity index (χ3v) is 8.67. The Morgan fingerprint density at radius 3 is 2.38 bits per heavy atom. The van der Waals surface area contributed by atoms with E-state index in [1.807, 2.05) is 84.2 Å². The molecule has 3 aromatic carbocycles. The van der Waals surface area contributed by atoms with Crippen molar-refractivity contribution in [2.75, 3.05) is 33.5 Å². The Morgan fingerprint density at radius 2 is 1.64 bits per heavy atom. The highest BCUT2D eigenvalue weighted by atomic mass is 32.1. The van der Waals surface area contributed by atoms with Gasteiger partial charge < -0.3 is 25.5 Å². The van der Waals surface area contributed by atoms with Crippen LogP contribution in [-0.4, -0.2) is 42.2 Å². The van der Waals surface area contributed by atoms with Crippen LogP contribution in [0, 0.1) is 0 Å². The number of hydrogen-bond acceptors (Lipinski definition) is 6. The number of hydrogen-bond donors (Lipinski definition) is 3. The fraction of sp³-hybridized carbons (Fsp3) is 0.235. The smallest absolute Gasteiger partial charge is 0.265 e. The van der Waals surface area contributed by atoms with Gasteiger partial charge in [-0.2, -0.15) is 0 Å². The van der Waals surface area contributed by atoms with Gasteiger partial charge in [-0.1, -0.05) is 18.2 Å². The monoisotopic (exact) mass is 578 g/mol. The first kappa shape index (κ1) is 27.8. The molecule has 2 aliphatic heterocycles. The van der Waals surface area contributed by atoms with Gasteiger partial charge in [-0.3, -0.25) is 9.59 Å². The van der Waals surface area contributed by atoms with Gasteiger partial charge in [0.1, 0.15) is 0 Å². The van der Waals surface area contributed by atoms with E-state index in [4.69, 9.17) is 0 Å². The molecule has 1 aromatic heterocycles. The second-order valence-electron chi connectivity index (χ2n) is 10.9. The molecule has 42 heavy (non-hydrogen) atoms. The van der Waals surface area contributed by atoms with Crippen LogP contribution < -0.4 is 20.4 Å². The number of carbonyl (C=O) groups is 2. The predicted octanol–water partition coefficient (Wildman–Crippen LogP) is 7.16. The lowest BCUT2D eigenvalue weighted by Gasteiger charge is -2.32. The van der Waals surface area contributed by atoms with Gasteiger partial charge in [-0.15, -0.1) is 11.3 Å². The molecule has 7 nitrogen and oxygen atoms in total. The molecule has 2 atom stereocenters. The van der Waals surface area contributed by atoms with E-state index >= 15 is 0 Å². The summed E-state index contributed by atoms with van der Waals surface area (Å²) in [5.74, 6) is -0.272. The van der Waals surface area contributed by atoms with Crippen LogP contribution in [0.1, 0.15) is 51.8 Å². The van der Waals surface area contributed by atoms with Crippen LogP contribution in [-0.2, 0) is 0 Å². The second-order valence-corrected chi connectivity index (χ2v) is 11.8. The van der Waals surface area contributed by atoms with Crippen LogP contribution in [0.3, 0.4) is 0 Å². The normalized spacial score (nSPS) is 18.2. The Labute approximate surface area is 250 Å². The zero-order valence-corrected chi connectivity index (χ0v) is 24.3. The highest BCUT2D eigenvalue weighted by Gasteiger charge is 2.22. The van der Waals surface area contributed by atoms with Gasteiger partial charge >= 0.3 is 0 Å². The number of β-amino-alcohol motifs (C(OH)–C–C–N with tert-alkyl or cyclic N) is 1. The van der Waals surface area contributed by atoms with E-state index in [-0.39, 0.29) is 24.0 Å². The first-order valence-corrected chi connectivity index (χ1v) is 15.2. The summed E-state index contributed by atoms with van der Waals surface area (Å²) in [6.07, 6.45) is 6.65. The van der Waals surface area contributed by atoms with Crippen molar-refractivity contribution in [3.63, 3.8) is 0 Å². The SMILES string of the molecule is CC1CC=Cc2cc(NC(=O)c3ccc(N4CCCC(O)C4)cc3)ccc2N1c1ccc(NC(=O)c2cccs2)cc1. The van der Waals surface area contributed by atoms with E-state index in [9.17, 15) is 14.7 Å². The van der Waals surface area contributed by atoms with Crippen molar-refractivity contribution < 1.29 is 14.7 Å². The van der Waals surface area contributed by atoms with E-state index in [0.717, 1.165) is 59.8 Å². The first-order chi connectivity index (χ1) is 20.4. The van der Waals surface area contributed by atoms with Gasteiger partial charge in [0, 0.05) is 53.1 Å². The fourth-order valence-corrected chi connectivity index (χ4v) is 6.25. The van der Waals surface area contributed by atoms with Gasteiger partial charge in [0.25, 0.3) is 11.8 Å². The molecule has 214 valence electrons. The summed E-state index contributed by atoms with van der Waals surface area (Å²) in [4.78, 5) is 30.7. The minimum Gasteiger partial charge on any atom is -0.391 e. The number of anilines is 5. The van der Waals surface area contributed by atoms with Crippen molar-refractivity contribution in [3.8, 4) is 0 Å². The summed E-state index contributed by atoms with van der Waals surface area (Å²) >= 11 is 1.42. The minimum absolute atomic E-state index is 0.109. The number of nitrogens with one attached hydrogen (secondary N) is 2. The van der Waals surface area contributed by atoms with Crippen molar-refractivity contribution in [3.05, 3.63) is 106 Å². The molecule has 6 rings (SSSR count). The molecular weight excluding hydrogens is 544 g/mol. The number of aliphatic hydroxyl groups is 1. The number of amides is 2. The lowest BCUT2D eigenvalue weighted by atomic mass is 10.1. The second kappa shape index (κ2) is 12.2. The molecule has 8 heteroatoms. The summed E-state index contributed by atoms with van der Waals surface area (Å²) in [5, 5.41) is 17.9. The molecule has 1 fully saturated rings. The van der Waals surface area contributed by atoms with Crippen LogP contribution >= 0.6 is 11.3 Å².